The van der Waals surface area contributed by atoms with Crippen LogP contribution in [0.15, 0.2) is 0 Å². The first-order chi connectivity index (χ1) is 8.74. The molecule has 2 aliphatic rings. The summed E-state index contributed by atoms with van der Waals surface area (Å²) in [6.07, 6.45) is 11.4. The summed E-state index contributed by atoms with van der Waals surface area (Å²) < 4.78 is 0. The number of nitrogens with zero attached hydrogens (tertiary/aromatic N) is 1. The van der Waals surface area contributed by atoms with Crippen molar-refractivity contribution in [3.05, 3.63) is 0 Å². The van der Waals surface area contributed by atoms with E-state index in [1.54, 1.807) is 0 Å². The second-order valence-electron chi connectivity index (χ2n) is 6.88. The van der Waals surface area contributed by atoms with Gasteiger partial charge in [0, 0.05) is 19.6 Å². The largest absolute Gasteiger partial charge is 0.316 e. The fourth-order valence-electron chi connectivity index (χ4n) is 4.26. The van der Waals surface area contributed by atoms with Gasteiger partial charge in [-0.2, -0.15) is 0 Å². The molecule has 1 heterocycles. The predicted molar refractivity (Wildman–Crippen MR) is 78.9 cm³/mol. The number of nitrogens with one attached hydrogen (secondary N) is 1. The Morgan fingerprint density at radius 1 is 1.22 bits per heavy atom. The van der Waals surface area contributed by atoms with Crippen LogP contribution in [0.1, 0.15) is 58.3 Å². The minimum atomic E-state index is 0.570. The van der Waals surface area contributed by atoms with Crippen LogP contribution in [-0.4, -0.2) is 38.1 Å². The molecule has 1 aliphatic carbocycles. The van der Waals surface area contributed by atoms with Crippen molar-refractivity contribution in [2.24, 2.45) is 11.3 Å². The van der Waals surface area contributed by atoms with E-state index in [9.17, 15) is 0 Å². The van der Waals surface area contributed by atoms with Crippen molar-refractivity contribution in [3.63, 3.8) is 0 Å². The highest BCUT2D eigenvalue weighted by atomic mass is 15.1. The van der Waals surface area contributed by atoms with E-state index < -0.39 is 0 Å². The Morgan fingerprint density at radius 3 is 2.61 bits per heavy atom. The lowest BCUT2D eigenvalue weighted by Gasteiger charge is -2.41. The van der Waals surface area contributed by atoms with Gasteiger partial charge in [-0.3, -0.25) is 0 Å². The summed E-state index contributed by atoms with van der Waals surface area (Å²) in [5.74, 6) is 0.991. The maximum atomic E-state index is 3.63. The summed E-state index contributed by atoms with van der Waals surface area (Å²) in [5.41, 5.74) is 0.570. The Morgan fingerprint density at radius 2 is 2.00 bits per heavy atom. The molecular weight excluding hydrogens is 220 g/mol. The van der Waals surface area contributed by atoms with E-state index in [1.165, 1.54) is 77.5 Å². The minimum Gasteiger partial charge on any atom is -0.316 e. The van der Waals surface area contributed by atoms with Crippen LogP contribution in [-0.2, 0) is 0 Å². The second kappa shape index (κ2) is 6.91. The van der Waals surface area contributed by atoms with E-state index in [1.807, 2.05) is 0 Å². The van der Waals surface area contributed by atoms with Crippen LogP contribution in [0, 0.1) is 11.3 Å². The minimum absolute atomic E-state index is 0.570. The van der Waals surface area contributed by atoms with Gasteiger partial charge in [0.15, 0.2) is 0 Å². The molecule has 1 saturated heterocycles. The zero-order chi connectivity index (χ0) is 12.8. The lowest BCUT2D eigenvalue weighted by molar-refractivity contribution is 0.112. The van der Waals surface area contributed by atoms with Crippen LogP contribution < -0.4 is 5.32 Å². The first-order valence-corrected chi connectivity index (χ1v) is 8.13. The molecule has 0 bridgehead atoms. The van der Waals surface area contributed by atoms with Gasteiger partial charge in [0.1, 0.15) is 0 Å². The molecular formula is C16H32N2. The number of hydrogen-bond donors (Lipinski definition) is 1. The first-order valence-electron chi connectivity index (χ1n) is 8.13. The fraction of sp³-hybridized carbons (Fsp3) is 1.00. The molecule has 1 saturated carbocycles. The number of hydrogen-bond acceptors (Lipinski definition) is 2. The quantitative estimate of drug-likeness (QED) is 0.780. The Bertz CT molecular complexity index is 222. The first kappa shape index (κ1) is 14.3. The Hall–Kier alpha value is -0.0800. The van der Waals surface area contributed by atoms with Gasteiger partial charge < -0.3 is 10.2 Å². The maximum absolute atomic E-state index is 3.63. The zero-order valence-electron chi connectivity index (χ0n) is 12.5. The lowest BCUT2D eigenvalue weighted by atomic mass is 9.76. The standard InChI is InChI=1S/C16H32N2/c1-3-9-16(10-6-11-17-13-16)14-18(2)12-15-7-4-5-8-15/h15,17H,3-14H2,1-2H3. The SMILES string of the molecule is CCCC1(CN(C)CC2CCCC2)CCCNC1. The molecule has 0 aromatic rings. The van der Waals surface area contributed by atoms with Crippen LogP contribution >= 0.6 is 0 Å². The highest BCUT2D eigenvalue weighted by molar-refractivity contribution is 4.88. The van der Waals surface area contributed by atoms with Gasteiger partial charge >= 0.3 is 0 Å². The second-order valence-corrected chi connectivity index (χ2v) is 6.88. The molecule has 0 spiro atoms. The lowest BCUT2D eigenvalue weighted by Crippen LogP contribution is -2.47. The van der Waals surface area contributed by atoms with E-state index in [-0.39, 0.29) is 0 Å². The summed E-state index contributed by atoms with van der Waals surface area (Å²) in [6.45, 7) is 7.47. The molecule has 0 amide bonds. The molecule has 2 rings (SSSR count). The molecule has 1 atom stereocenters. The van der Waals surface area contributed by atoms with Gasteiger partial charge in [-0.15, -0.1) is 0 Å². The Balaban J connectivity index is 1.82. The molecule has 106 valence electrons. The average molecular weight is 252 g/mol. The third-order valence-corrected chi connectivity index (χ3v) is 4.99. The molecule has 18 heavy (non-hydrogen) atoms. The van der Waals surface area contributed by atoms with Gasteiger partial charge in [-0.05, 0) is 57.0 Å². The van der Waals surface area contributed by atoms with Crippen molar-refractivity contribution in [1.82, 2.24) is 10.2 Å². The van der Waals surface area contributed by atoms with Crippen molar-refractivity contribution in [2.45, 2.75) is 58.3 Å². The summed E-state index contributed by atoms with van der Waals surface area (Å²) in [5, 5.41) is 3.63. The van der Waals surface area contributed by atoms with E-state index in [0.717, 1.165) is 5.92 Å². The normalized spacial score (nSPS) is 30.2. The fourth-order valence-corrected chi connectivity index (χ4v) is 4.26. The monoisotopic (exact) mass is 252 g/mol. The number of piperidine rings is 1. The van der Waals surface area contributed by atoms with Crippen LogP contribution in [0.25, 0.3) is 0 Å². The van der Waals surface area contributed by atoms with Gasteiger partial charge in [0.25, 0.3) is 0 Å². The Labute approximate surface area is 114 Å². The van der Waals surface area contributed by atoms with Crippen molar-refractivity contribution in [3.8, 4) is 0 Å². The zero-order valence-corrected chi connectivity index (χ0v) is 12.5. The smallest absolute Gasteiger partial charge is 0.00472 e. The van der Waals surface area contributed by atoms with Crippen molar-refractivity contribution >= 4 is 0 Å². The average Bonchev–Trinajstić information content (AvgIpc) is 2.83. The van der Waals surface area contributed by atoms with Crippen LogP contribution in [0.5, 0.6) is 0 Å². The molecule has 0 aromatic carbocycles. The maximum Gasteiger partial charge on any atom is 0.00472 e. The third kappa shape index (κ3) is 3.96. The van der Waals surface area contributed by atoms with Gasteiger partial charge in [0.05, 0.1) is 0 Å². The molecule has 1 unspecified atom stereocenters. The molecule has 2 nitrogen and oxygen atoms in total. The molecule has 1 N–H and O–H groups in total. The summed E-state index contributed by atoms with van der Waals surface area (Å²) in [6, 6.07) is 0. The number of rotatable bonds is 6. The highest BCUT2D eigenvalue weighted by Crippen LogP contribution is 2.33. The molecule has 2 heteroatoms. The Kier molecular flexibility index (Phi) is 5.50. The van der Waals surface area contributed by atoms with Crippen molar-refractivity contribution in [2.75, 3.05) is 33.2 Å². The molecule has 1 aliphatic heterocycles. The molecule has 0 aromatic heterocycles. The molecule has 2 fully saturated rings. The van der Waals surface area contributed by atoms with Crippen LogP contribution in [0.4, 0.5) is 0 Å². The highest BCUT2D eigenvalue weighted by Gasteiger charge is 2.32. The van der Waals surface area contributed by atoms with E-state index >= 15 is 0 Å². The van der Waals surface area contributed by atoms with Crippen LogP contribution in [0.3, 0.4) is 0 Å². The van der Waals surface area contributed by atoms with Crippen molar-refractivity contribution < 1.29 is 0 Å². The topological polar surface area (TPSA) is 15.3 Å². The van der Waals surface area contributed by atoms with E-state index in [0.29, 0.717) is 5.41 Å². The van der Waals surface area contributed by atoms with Gasteiger partial charge in [-0.1, -0.05) is 26.2 Å². The molecule has 0 radical (unpaired) electrons. The summed E-state index contributed by atoms with van der Waals surface area (Å²) >= 11 is 0. The predicted octanol–water partition coefficient (Wildman–Crippen LogP) is 3.28. The summed E-state index contributed by atoms with van der Waals surface area (Å²) in [7, 11) is 2.35. The van der Waals surface area contributed by atoms with Crippen molar-refractivity contribution in [1.29, 1.82) is 0 Å². The van der Waals surface area contributed by atoms with E-state index in [4.69, 9.17) is 0 Å². The third-order valence-electron chi connectivity index (χ3n) is 4.99. The summed E-state index contributed by atoms with van der Waals surface area (Å²) in [4.78, 5) is 2.64. The van der Waals surface area contributed by atoms with Gasteiger partial charge in [0.2, 0.25) is 0 Å². The van der Waals surface area contributed by atoms with Gasteiger partial charge in [-0.25, -0.2) is 0 Å². The van der Waals surface area contributed by atoms with Crippen LogP contribution in [0.2, 0.25) is 0 Å². The van der Waals surface area contributed by atoms with E-state index in [2.05, 4.69) is 24.2 Å².